The highest BCUT2D eigenvalue weighted by atomic mass is 13.9. The number of hydrogen-bond donors (Lipinski definition) is 0. The predicted molar refractivity (Wildman–Crippen MR) is 60.9 cm³/mol. The molecule has 0 unspecified atom stereocenters. The summed E-state index contributed by atoms with van der Waals surface area (Å²) in [5, 5.41) is 0. The largest absolute Gasteiger partial charge is 0.127 e. The highest BCUT2D eigenvalue weighted by Gasteiger charge is 1.87. The Hall–Kier alpha value is -0.480. The van der Waals surface area contributed by atoms with Crippen molar-refractivity contribution in [2.75, 3.05) is 0 Å². The van der Waals surface area contributed by atoms with E-state index in [1.54, 1.807) is 0 Å². The van der Waals surface area contributed by atoms with E-state index in [2.05, 4.69) is 32.6 Å². The second kappa shape index (κ2) is 9.61. The van der Waals surface area contributed by atoms with Crippen LogP contribution in [0.1, 0.15) is 65.7 Å². The van der Waals surface area contributed by atoms with E-state index in [0.717, 1.165) is 0 Å². The molecule has 0 amide bonds. The molecule has 0 rings (SSSR count). The lowest BCUT2D eigenvalue weighted by Crippen LogP contribution is -1.77. The van der Waals surface area contributed by atoms with Crippen LogP contribution in [0, 0.1) is 0 Å². The number of allylic oxidation sites excluding steroid dienone is 1. The smallest absolute Gasteiger partial charge is 0.0274 e. The van der Waals surface area contributed by atoms with Gasteiger partial charge < -0.3 is 0 Å². The van der Waals surface area contributed by atoms with E-state index in [-0.39, 0.29) is 0 Å². The molecular formula is C13H24. The first kappa shape index (κ1) is 12.5. The van der Waals surface area contributed by atoms with Crippen LogP contribution in [0.5, 0.6) is 0 Å². The van der Waals surface area contributed by atoms with E-state index in [0.29, 0.717) is 0 Å². The van der Waals surface area contributed by atoms with Gasteiger partial charge in [0.1, 0.15) is 0 Å². The predicted octanol–water partition coefficient (Wildman–Crippen LogP) is 4.86. The Morgan fingerprint density at radius 2 is 1.62 bits per heavy atom. The molecule has 0 bridgehead atoms. The minimum Gasteiger partial charge on any atom is -0.127 e. The molecule has 0 spiro atoms. The third-order valence-electron chi connectivity index (χ3n) is 2.09. The first-order valence-electron chi connectivity index (χ1n) is 5.65. The normalized spacial score (nSPS) is 9.46. The Kier molecular flexibility index (Phi) is 9.25. The van der Waals surface area contributed by atoms with Crippen LogP contribution in [0.3, 0.4) is 0 Å². The van der Waals surface area contributed by atoms with Gasteiger partial charge in [-0.15, -0.1) is 5.73 Å². The average molecular weight is 180 g/mol. The van der Waals surface area contributed by atoms with Crippen molar-refractivity contribution in [1.82, 2.24) is 0 Å². The number of hydrogen-bond acceptors (Lipinski definition) is 0. The van der Waals surface area contributed by atoms with Gasteiger partial charge in [0.2, 0.25) is 0 Å². The van der Waals surface area contributed by atoms with Gasteiger partial charge >= 0.3 is 0 Å². The molecular weight excluding hydrogens is 156 g/mol. The van der Waals surface area contributed by atoms with Gasteiger partial charge in [0.15, 0.2) is 0 Å². The molecule has 0 nitrogen and oxygen atoms in total. The molecule has 0 aliphatic rings. The molecule has 0 radical (unpaired) electrons. The number of rotatable bonds is 7. The third kappa shape index (κ3) is 11.5. The third-order valence-corrected chi connectivity index (χ3v) is 2.09. The minimum absolute atomic E-state index is 1.21. The summed E-state index contributed by atoms with van der Waals surface area (Å²) in [4.78, 5) is 0. The van der Waals surface area contributed by atoms with Gasteiger partial charge in [-0.25, -0.2) is 0 Å². The first-order valence-corrected chi connectivity index (χ1v) is 5.65. The van der Waals surface area contributed by atoms with Gasteiger partial charge in [0.05, 0.1) is 0 Å². The van der Waals surface area contributed by atoms with Crippen molar-refractivity contribution in [3.05, 3.63) is 17.4 Å². The fourth-order valence-electron chi connectivity index (χ4n) is 1.30. The van der Waals surface area contributed by atoms with Crippen LogP contribution in [0.2, 0.25) is 0 Å². The summed E-state index contributed by atoms with van der Waals surface area (Å²) in [6.07, 6.45) is 11.7. The van der Waals surface area contributed by atoms with E-state index in [9.17, 15) is 0 Å². The summed E-state index contributed by atoms with van der Waals surface area (Å²) in [7, 11) is 0. The monoisotopic (exact) mass is 180 g/mol. The molecule has 0 aliphatic carbocycles. The maximum absolute atomic E-state index is 3.24. The van der Waals surface area contributed by atoms with Crippen LogP contribution in [-0.4, -0.2) is 0 Å². The summed E-state index contributed by atoms with van der Waals surface area (Å²) >= 11 is 0. The standard InChI is InChI=1S/C13H24/c1-4-5-6-7-8-9-10-11-12-13(2)3/h11H,4-10H2,1-3H3. The molecule has 0 atom stereocenters. The van der Waals surface area contributed by atoms with E-state index >= 15 is 0 Å². The van der Waals surface area contributed by atoms with Gasteiger partial charge in [-0.3, -0.25) is 0 Å². The molecule has 0 aromatic carbocycles. The molecule has 0 heteroatoms. The van der Waals surface area contributed by atoms with Crippen molar-refractivity contribution in [2.45, 2.75) is 65.7 Å². The van der Waals surface area contributed by atoms with Crippen LogP contribution >= 0.6 is 0 Å². The average Bonchev–Trinajstić information content (AvgIpc) is 2.09. The first-order chi connectivity index (χ1) is 6.27. The summed E-state index contributed by atoms with van der Waals surface area (Å²) in [6, 6.07) is 0. The highest BCUT2D eigenvalue weighted by Crippen LogP contribution is 2.06. The van der Waals surface area contributed by atoms with Gasteiger partial charge in [-0.1, -0.05) is 39.0 Å². The molecule has 0 N–H and O–H groups in total. The van der Waals surface area contributed by atoms with Crippen molar-refractivity contribution >= 4 is 0 Å². The molecule has 13 heavy (non-hydrogen) atoms. The van der Waals surface area contributed by atoms with Gasteiger partial charge in [0, 0.05) is 0 Å². The van der Waals surface area contributed by atoms with Crippen LogP contribution in [0.25, 0.3) is 0 Å². The summed E-state index contributed by atoms with van der Waals surface area (Å²) < 4.78 is 0. The van der Waals surface area contributed by atoms with Crippen molar-refractivity contribution in [1.29, 1.82) is 0 Å². The van der Waals surface area contributed by atoms with Crippen molar-refractivity contribution < 1.29 is 0 Å². The van der Waals surface area contributed by atoms with Crippen LogP contribution in [0.4, 0.5) is 0 Å². The van der Waals surface area contributed by atoms with Gasteiger partial charge in [0.25, 0.3) is 0 Å². The maximum atomic E-state index is 3.24. The second-order valence-corrected chi connectivity index (χ2v) is 3.90. The Morgan fingerprint density at radius 1 is 1.00 bits per heavy atom. The summed E-state index contributed by atoms with van der Waals surface area (Å²) in [5.41, 5.74) is 4.52. The fraction of sp³-hybridized carbons (Fsp3) is 0.769. The molecule has 0 aromatic heterocycles. The lowest BCUT2D eigenvalue weighted by molar-refractivity contribution is 0.611. The molecule has 0 heterocycles. The highest BCUT2D eigenvalue weighted by molar-refractivity contribution is 4.93. The fourth-order valence-corrected chi connectivity index (χ4v) is 1.30. The number of unbranched alkanes of at least 4 members (excludes halogenated alkanes) is 6. The van der Waals surface area contributed by atoms with Crippen LogP contribution < -0.4 is 0 Å². The Balaban J connectivity index is 3.13. The molecule has 0 aliphatic heterocycles. The second-order valence-electron chi connectivity index (χ2n) is 3.90. The topological polar surface area (TPSA) is 0 Å². The van der Waals surface area contributed by atoms with E-state index < -0.39 is 0 Å². The Bertz CT molecular complexity index is 155. The summed E-state index contributed by atoms with van der Waals surface area (Å²) in [5.74, 6) is 0. The van der Waals surface area contributed by atoms with Crippen molar-refractivity contribution in [3.63, 3.8) is 0 Å². The lowest BCUT2D eigenvalue weighted by atomic mass is 10.1. The van der Waals surface area contributed by atoms with Gasteiger partial charge in [-0.2, -0.15) is 0 Å². The SMILES string of the molecule is CCCCCCCCC=C=C(C)C. The van der Waals surface area contributed by atoms with E-state index in [4.69, 9.17) is 0 Å². The van der Waals surface area contributed by atoms with E-state index in [1.807, 2.05) is 0 Å². The molecule has 0 saturated carbocycles. The molecule has 0 fully saturated rings. The minimum atomic E-state index is 1.21. The molecule has 76 valence electrons. The molecule has 0 aromatic rings. The zero-order valence-corrected chi connectivity index (χ0v) is 9.53. The lowest BCUT2D eigenvalue weighted by Gasteiger charge is -1.96. The quantitative estimate of drug-likeness (QED) is 0.388. The Labute approximate surface area is 83.7 Å². The van der Waals surface area contributed by atoms with E-state index in [1.165, 1.54) is 50.5 Å². The molecule has 0 saturated heterocycles. The van der Waals surface area contributed by atoms with Crippen LogP contribution in [0.15, 0.2) is 17.4 Å². The Morgan fingerprint density at radius 3 is 2.23 bits per heavy atom. The zero-order chi connectivity index (χ0) is 9.94. The van der Waals surface area contributed by atoms with Crippen molar-refractivity contribution in [2.24, 2.45) is 0 Å². The van der Waals surface area contributed by atoms with Crippen LogP contribution in [-0.2, 0) is 0 Å². The summed E-state index contributed by atoms with van der Waals surface area (Å²) in [6.45, 7) is 6.45. The van der Waals surface area contributed by atoms with Crippen molar-refractivity contribution in [3.8, 4) is 0 Å². The zero-order valence-electron chi connectivity index (χ0n) is 9.53. The maximum Gasteiger partial charge on any atom is -0.0274 e. The van der Waals surface area contributed by atoms with Gasteiger partial charge in [-0.05, 0) is 38.3 Å².